The van der Waals surface area contributed by atoms with Gasteiger partial charge in [-0.25, -0.2) is 0 Å². The molecule has 0 aromatic rings. The van der Waals surface area contributed by atoms with Crippen LogP contribution in [0.4, 0.5) is 0 Å². The van der Waals surface area contributed by atoms with Gasteiger partial charge < -0.3 is 9.80 Å². The molecule has 0 aliphatic carbocycles. The molecule has 1 saturated heterocycles. The number of rotatable bonds is 8. The summed E-state index contributed by atoms with van der Waals surface area (Å²) in [6.45, 7) is 16.1. The van der Waals surface area contributed by atoms with Crippen LogP contribution < -0.4 is 5.32 Å². The fraction of sp³-hybridized carbons (Fsp3) is 0.938. The van der Waals surface area contributed by atoms with Crippen LogP contribution >= 0.6 is 0 Å². The van der Waals surface area contributed by atoms with Gasteiger partial charge in [-0.1, -0.05) is 34.6 Å². The summed E-state index contributed by atoms with van der Waals surface area (Å²) in [7, 11) is 0. The van der Waals surface area contributed by atoms with Gasteiger partial charge in [-0.3, -0.25) is 10.1 Å². The summed E-state index contributed by atoms with van der Waals surface area (Å²) in [5, 5.41) is 3.52. The highest BCUT2D eigenvalue weighted by Crippen LogP contribution is 2.21. The van der Waals surface area contributed by atoms with E-state index in [0.717, 1.165) is 32.5 Å². The molecular weight excluding hydrogens is 250 g/mol. The fourth-order valence-electron chi connectivity index (χ4n) is 3.14. The van der Waals surface area contributed by atoms with E-state index in [1.165, 1.54) is 0 Å². The minimum Gasteiger partial charge on any atom is -0.322 e. The maximum absolute atomic E-state index is 12.7. The Morgan fingerprint density at radius 2 is 1.80 bits per heavy atom. The minimum absolute atomic E-state index is 0.0131. The Bertz CT molecular complexity index is 302. The second-order valence-electron chi connectivity index (χ2n) is 6.35. The van der Waals surface area contributed by atoms with E-state index in [-0.39, 0.29) is 18.2 Å². The fourth-order valence-corrected chi connectivity index (χ4v) is 3.14. The van der Waals surface area contributed by atoms with Gasteiger partial charge in [0.1, 0.15) is 0 Å². The average Bonchev–Trinajstić information content (AvgIpc) is 2.71. The molecule has 1 aliphatic rings. The van der Waals surface area contributed by atoms with Gasteiger partial charge in [0.05, 0.1) is 12.2 Å². The Kier molecular flexibility index (Phi) is 6.96. The van der Waals surface area contributed by atoms with Crippen molar-refractivity contribution < 1.29 is 4.79 Å². The highest BCUT2D eigenvalue weighted by molar-refractivity contribution is 5.84. The van der Waals surface area contributed by atoms with Crippen LogP contribution in [0, 0.1) is 5.92 Å². The molecule has 0 bridgehead atoms. The zero-order chi connectivity index (χ0) is 15.3. The van der Waals surface area contributed by atoms with Gasteiger partial charge >= 0.3 is 0 Å². The third kappa shape index (κ3) is 4.19. The summed E-state index contributed by atoms with van der Waals surface area (Å²) in [5.74, 6) is 0.845. The third-order valence-corrected chi connectivity index (χ3v) is 4.27. The quantitative estimate of drug-likeness (QED) is 0.742. The monoisotopic (exact) mass is 283 g/mol. The van der Waals surface area contributed by atoms with Crippen LogP contribution in [-0.2, 0) is 4.79 Å². The molecule has 0 aromatic carbocycles. The number of amides is 1. The molecule has 1 amide bonds. The largest absolute Gasteiger partial charge is 0.322 e. The van der Waals surface area contributed by atoms with Gasteiger partial charge in [0.2, 0.25) is 5.91 Å². The molecule has 0 radical (unpaired) electrons. The maximum Gasteiger partial charge on any atom is 0.241 e. The molecule has 3 atom stereocenters. The van der Waals surface area contributed by atoms with Crippen molar-refractivity contribution in [3.8, 4) is 0 Å². The lowest BCUT2D eigenvalue weighted by Gasteiger charge is -2.33. The molecule has 1 fully saturated rings. The number of nitrogens with zero attached hydrogens (tertiary/aromatic N) is 2. The lowest BCUT2D eigenvalue weighted by Crippen LogP contribution is -2.48. The first-order valence-electron chi connectivity index (χ1n) is 8.25. The smallest absolute Gasteiger partial charge is 0.241 e. The van der Waals surface area contributed by atoms with Gasteiger partial charge in [-0.15, -0.1) is 0 Å². The molecule has 1 rings (SSSR count). The molecule has 3 unspecified atom stereocenters. The summed E-state index contributed by atoms with van der Waals surface area (Å²) in [5.41, 5.74) is 0. The molecule has 118 valence electrons. The molecule has 1 heterocycles. The van der Waals surface area contributed by atoms with E-state index in [4.69, 9.17) is 0 Å². The molecule has 1 aliphatic heterocycles. The number of hydrogen-bond donors (Lipinski definition) is 1. The van der Waals surface area contributed by atoms with Crippen LogP contribution in [0.25, 0.3) is 0 Å². The van der Waals surface area contributed by atoms with Gasteiger partial charge in [-0.2, -0.15) is 0 Å². The second kappa shape index (κ2) is 7.99. The van der Waals surface area contributed by atoms with E-state index in [1.54, 1.807) is 0 Å². The van der Waals surface area contributed by atoms with E-state index in [1.807, 2.05) is 0 Å². The number of carbonyl (C=O) groups excluding carboxylic acids is 1. The van der Waals surface area contributed by atoms with E-state index < -0.39 is 0 Å². The second-order valence-corrected chi connectivity index (χ2v) is 6.35. The van der Waals surface area contributed by atoms with Crippen molar-refractivity contribution in [2.75, 3.05) is 19.6 Å². The molecule has 0 aromatic heterocycles. The number of nitrogens with one attached hydrogen (secondary N) is 1. The lowest BCUT2D eigenvalue weighted by atomic mass is 10.0. The molecular formula is C16H33N3O. The van der Waals surface area contributed by atoms with Crippen molar-refractivity contribution in [2.24, 2.45) is 5.92 Å². The SMILES string of the molecule is CCC1NC(CC(C)C)C(=O)N1C(C)CN(CC)CC. The van der Waals surface area contributed by atoms with Gasteiger partial charge in [0, 0.05) is 12.6 Å². The number of hydrogen-bond acceptors (Lipinski definition) is 3. The Hall–Kier alpha value is -0.610. The first-order valence-corrected chi connectivity index (χ1v) is 8.25. The van der Waals surface area contributed by atoms with Crippen molar-refractivity contribution in [1.82, 2.24) is 15.1 Å². The van der Waals surface area contributed by atoms with E-state index in [2.05, 4.69) is 56.7 Å². The van der Waals surface area contributed by atoms with Gasteiger partial charge in [0.25, 0.3) is 0 Å². The van der Waals surface area contributed by atoms with Gasteiger partial charge in [0.15, 0.2) is 0 Å². The highest BCUT2D eigenvalue weighted by atomic mass is 16.2. The van der Waals surface area contributed by atoms with E-state index in [0.29, 0.717) is 11.8 Å². The van der Waals surface area contributed by atoms with Crippen molar-refractivity contribution in [2.45, 2.75) is 72.6 Å². The Labute approximate surface area is 124 Å². The minimum atomic E-state index is 0.0131. The standard InChI is InChI=1S/C16H33N3O/c1-7-15-17-14(10-12(4)5)16(20)19(15)13(6)11-18(8-2)9-3/h12-15,17H,7-11H2,1-6H3. The van der Waals surface area contributed by atoms with Crippen molar-refractivity contribution in [1.29, 1.82) is 0 Å². The summed E-state index contributed by atoms with van der Waals surface area (Å²) in [4.78, 5) is 17.1. The van der Waals surface area contributed by atoms with Crippen LogP contribution in [0.2, 0.25) is 0 Å². The normalized spacial score (nSPS) is 25.0. The zero-order valence-electron chi connectivity index (χ0n) is 14.1. The number of likely N-dealkylation sites (N-methyl/N-ethyl adjacent to an activating group) is 1. The summed E-state index contributed by atoms with van der Waals surface area (Å²) in [6, 6.07) is 0.288. The lowest BCUT2D eigenvalue weighted by molar-refractivity contribution is -0.132. The highest BCUT2D eigenvalue weighted by Gasteiger charge is 2.40. The Balaban J connectivity index is 2.72. The molecule has 0 spiro atoms. The Morgan fingerprint density at radius 1 is 1.20 bits per heavy atom. The Morgan fingerprint density at radius 3 is 2.25 bits per heavy atom. The molecule has 4 nitrogen and oxygen atoms in total. The van der Waals surface area contributed by atoms with E-state index in [9.17, 15) is 4.79 Å². The van der Waals surface area contributed by atoms with Crippen molar-refractivity contribution in [3.05, 3.63) is 0 Å². The third-order valence-electron chi connectivity index (χ3n) is 4.27. The average molecular weight is 283 g/mol. The zero-order valence-corrected chi connectivity index (χ0v) is 14.1. The molecule has 4 heteroatoms. The van der Waals surface area contributed by atoms with Crippen LogP contribution in [0.1, 0.15) is 54.4 Å². The molecule has 1 N–H and O–H groups in total. The van der Waals surface area contributed by atoms with Crippen molar-refractivity contribution in [3.63, 3.8) is 0 Å². The maximum atomic E-state index is 12.7. The number of carbonyl (C=O) groups is 1. The summed E-state index contributed by atoms with van der Waals surface area (Å²) in [6.07, 6.45) is 2.11. The van der Waals surface area contributed by atoms with Crippen LogP contribution in [0.15, 0.2) is 0 Å². The first-order chi connectivity index (χ1) is 9.44. The van der Waals surface area contributed by atoms with Crippen molar-refractivity contribution >= 4 is 5.91 Å². The van der Waals surface area contributed by atoms with Crippen LogP contribution in [0.5, 0.6) is 0 Å². The summed E-state index contributed by atoms with van der Waals surface area (Å²) < 4.78 is 0. The van der Waals surface area contributed by atoms with Gasteiger partial charge in [-0.05, 0) is 38.8 Å². The first kappa shape index (κ1) is 17.4. The predicted molar refractivity (Wildman–Crippen MR) is 84.6 cm³/mol. The predicted octanol–water partition coefficient (Wildman–Crippen LogP) is 2.30. The molecule has 0 saturated carbocycles. The summed E-state index contributed by atoms with van der Waals surface area (Å²) >= 11 is 0. The topological polar surface area (TPSA) is 35.6 Å². The molecule has 20 heavy (non-hydrogen) atoms. The van der Waals surface area contributed by atoms with Crippen LogP contribution in [0.3, 0.4) is 0 Å². The van der Waals surface area contributed by atoms with E-state index >= 15 is 0 Å². The van der Waals surface area contributed by atoms with Crippen LogP contribution in [-0.4, -0.2) is 53.6 Å².